The van der Waals surface area contributed by atoms with E-state index in [4.69, 9.17) is 9.47 Å². The van der Waals surface area contributed by atoms with E-state index in [9.17, 15) is 19.2 Å². The van der Waals surface area contributed by atoms with Crippen LogP contribution in [0.5, 0.6) is 0 Å². The van der Waals surface area contributed by atoms with Gasteiger partial charge in [0, 0.05) is 17.6 Å². The van der Waals surface area contributed by atoms with Crippen molar-refractivity contribution < 1.29 is 28.7 Å². The van der Waals surface area contributed by atoms with Crippen LogP contribution < -0.4 is 0 Å². The molecule has 6 nitrogen and oxygen atoms in total. The fourth-order valence-corrected chi connectivity index (χ4v) is 4.21. The second-order valence-electron chi connectivity index (χ2n) is 6.96. The van der Waals surface area contributed by atoms with Crippen LogP contribution >= 0.6 is 0 Å². The molecular weight excluding hydrogens is 300 g/mol. The summed E-state index contributed by atoms with van der Waals surface area (Å²) in [6.45, 7) is 1.60. The zero-order valence-corrected chi connectivity index (χ0v) is 12.7. The summed E-state index contributed by atoms with van der Waals surface area (Å²) in [6, 6.07) is 0. The van der Waals surface area contributed by atoms with Crippen molar-refractivity contribution in [2.75, 3.05) is 0 Å². The van der Waals surface area contributed by atoms with Gasteiger partial charge >= 0.3 is 23.9 Å². The summed E-state index contributed by atoms with van der Waals surface area (Å²) in [5, 5.41) is 0. The van der Waals surface area contributed by atoms with Gasteiger partial charge in [-0.15, -0.1) is 0 Å². The second-order valence-corrected chi connectivity index (χ2v) is 6.96. The van der Waals surface area contributed by atoms with Crippen LogP contribution in [0.1, 0.15) is 39.0 Å². The van der Waals surface area contributed by atoms with Gasteiger partial charge in [-0.1, -0.05) is 12.5 Å². The van der Waals surface area contributed by atoms with E-state index >= 15 is 0 Å². The van der Waals surface area contributed by atoms with Gasteiger partial charge in [-0.25, -0.2) is 14.4 Å². The zero-order chi connectivity index (χ0) is 16.4. The lowest BCUT2D eigenvalue weighted by atomic mass is 9.77. The molecule has 23 heavy (non-hydrogen) atoms. The first-order chi connectivity index (χ1) is 10.9. The Morgan fingerprint density at radius 2 is 1.74 bits per heavy atom. The first-order valence-corrected chi connectivity index (χ1v) is 7.87. The Balaban J connectivity index is 1.90. The Hall–Kier alpha value is -2.24. The largest absolute Gasteiger partial charge is 0.389 e. The molecule has 3 atom stereocenters. The number of rotatable bonds is 0. The molecule has 6 heteroatoms. The van der Waals surface area contributed by atoms with Crippen LogP contribution in [0.4, 0.5) is 0 Å². The summed E-state index contributed by atoms with van der Waals surface area (Å²) in [5.41, 5.74) is -0.309. The number of hydrogen-bond donors (Lipinski definition) is 0. The Morgan fingerprint density at radius 1 is 1.00 bits per heavy atom. The lowest BCUT2D eigenvalue weighted by Crippen LogP contribution is -2.26. The maximum atomic E-state index is 12.2. The van der Waals surface area contributed by atoms with Gasteiger partial charge in [0.1, 0.15) is 5.41 Å². The Morgan fingerprint density at radius 3 is 2.52 bits per heavy atom. The molecule has 0 aromatic carbocycles. The molecule has 0 N–H and O–H groups in total. The van der Waals surface area contributed by atoms with Crippen LogP contribution in [0.2, 0.25) is 0 Å². The van der Waals surface area contributed by atoms with Gasteiger partial charge < -0.3 is 9.47 Å². The minimum Gasteiger partial charge on any atom is -0.389 e. The summed E-state index contributed by atoms with van der Waals surface area (Å²) in [6.07, 6.45) is 5.10. The van der Waals surface area contributed by atoms with Crippen molar-refractivity contribution in [2.45, 2.75) is 39.0 Å². The van der Waals surface area contributed by atoms with Gasteiger partial charge in [-0.2, -0.15) is 0 Å². The van der Waals surface area contributed by atoms with Crippen molar-refractivity contribution in [3.63, 3.8) is 0 Å². The average Bonchev–Trinajstić information content (AvgIpc) is 3.08. The Kier molecular flexibility index (Phi) is 2.89. The number of hydrogen-bond acceptors (Lipinski definition) is 6. The molecule has 3 unspecified atom stereocenters. The number of fused-ring (bicyclic) bond motifs is 2. The Bertz CT molecular complexity index is 727. The van der Waals surface area contributed by atoms with Gasteiger partial charge in [-0.3, -0.25) is 4.79 Å². The number of carbonyl (C=O) groups excluding carboxylic acids is 4. The third-order valence-electron chi connectivity index (χ3n) is 5.59. The van der Waals surface area contributed by atoms with E-state index in [1.807, 2.05) is 6.08 Å². The molecule has 2 aliphatic carbocycles. The average molecular weight is 316 g/mol. The van der Waals surface area contributed by atoms with Gasteiger partial charge in [0.25, 0.3) is 0 Å². The van der Waals surface area contributed by atoms with Gasteiger partial charge in [0.05, 0.1) is 5.57 Å². The molecule has 0 radical (unpaired) electrons. The van der Waals surface area contributed by atoms with Crippen molar-refractivity contribution in [3.05, 3.63) is 22.8 Å². The molecule has 0 aromatic heterocycles. The molecule has 1 saturated carbocycles. The summed E-state index contributed by atoms with van der Waals surface area (Å²) < 4.78 is 9.57. The minimum atomic E-state index is -1.22. The van der Waals surface area contributed by atoms with E-state index in [0.717, 1.165) is 19.3 Å². The summed E-state index contributed by atoms with van der Waals surface area (Å²) in [7, 11) is 0. The highest BCUT2D eigenvalue weighted by Gasteiger charge is 2.54. The van der Waals surface area contributed by atoms with Crippen molar-refractivity contribution in [1.29, 1.82) is 0 Å². The van der Waals surface area contributed by atoms with Gasteiger partial charge in [0.15, 0.2) is 0 Å². The predicted octanol–water partition coefficient (Wildman–Crippen LogP) is 1.59. The van der Waals surface area contributed by atoms with Crippen molar-refractivity contribution in [3.8, 4) is 0 Å². The fraction of sp³-hybridized carbons (Fsp3) is 0.529. The van der Waals surface area contributed by atoms with E-state index in [0.29, 0.717) is 17.6 Å². The number of esters is 4. The molecule has 4 rings (SSSR count). The van der Waals surface area contributed by atoms with E-state index in [2.05, 4.69) is 0 Å². The lowest BCUT2D eigenvalue weighted by molar-refractivity contribution is -0.154. The van der Waals surface area contributed by atoms with E-state index in [1.165, 1.54) is 0 Å². The molecule has 0 bridgehead atoms. The van der Waals surface area contributed by atoms with Crippen molar-refractivity contribution in [2.24, 2.45) is 17.3 Å². The van der Waals surface area contributed by atoms with Crippen LogP contribution in [0.25, 0.3) is 0 Å². The highest BCUT2D eigenvalue weighted by molar-refractivity contribution is 6.14. The predicted molar refractivity (Wildman–Crippen MR) is 75.5 cm³/mol. The molecule has 0 aromatic rings. The SMILES string of the molecule is CC12CC3=C(CC4CCCC4/C=C\1C(=O)OC2=O)C(=O)OC3=O. The monoisotopic (exact) mass is 316 g/mol. The van der Waals surface area contributed by atoms with Crippen LogP contribution in [-0.4, -0.2) is 23.9 Å². The highest BCUT2D eigenvalue weighted by atomic mass is 16.6. The molecule has 120 valence electrons. The number of ether oxygens (including phenoxy) is 2. The molecule has 0 amide bonds. The Labute approximate surface area is 132 Å². The van der Waals surface area contributed by atoms with Gasteiger partial charge in [-0.05, 0) is 38.0 Å². The van der Waals surface area contributed by atoms with E-state index in [-0.39, 0.29) is 23.8 Å². The molecular formula is C17H16O6. The first kappa shape index (κ1) is 14.4. The maximum Gasteiger partial charge on any atom is 0.342 e. The quantitative estimate of drug-likeness (QED) is 0.498. The second kappa shape index (κ2) is 4.63. The smallest absolute Gasteiger partial charge is 0.342 e. The van der Waals surface area contributed by atoms with E-state index in [1.54, 1.807) is 6.92 Å². The van der Waals surface area contributed by atoms with Crippen LogP contribution in [0.3, 0.4) is 0 Å². The zero-order valence-electron chi connectivity index (χ0n) is 12.7. The third kappa shape index (κ3) is 1.93. The molecule has 2 heterocycles. The van der Waals surface area contributed by atoms with Crippen molar-refractivity contribution in [1.82, 2.24) is 0 Å². The molecule has 1 saturated heterocycles. The first-order valence-electron chi connectivity index (χ1n) is 7.87. The highest BCUT2D eigenvalue weighted by Crippen LogP contribution is 2.49. The van der Waals surface area contributed by atoms with Crippen molar-refractivity contribution >= 4 is 23.9 Å². The topological polar surface area (TPSA) is 86.7 Å². The molecule has 2 aliphatic heterocycles. The van der Waals surface area contributed by atoms with Crippen LogP contribution in [-0.2, 0) is 28.7 Å². The normalized spacial score (nSPS) is 38.7. The summed E-state index contributed by atoms with van der Waals surface area (Å²) >= 11 is 0. The summed E-state index contributed by atoms with van der Waals surface area (Å²) in [4.78, 5) is 48.4. The number of cyclic esters (lactones) is 4. The summed E-state index contributed by atoms with van der Waals surface area (Å²) in [5.74, 6) is -2.32. The molecule has 0 spiro atoms. The third-order valence-corrected chi connectivity index (χ3v) is 5.59. The molecule has 2 fully saturated rings. The molecule has 4 aliphatic rings. The van der Waals surface area contributed by atoms with E-state index < -0.39 is 29.3 Å². The number of allylic oxidation sites excluding steroid dienone is 1. The lowest BCUT2D eigenvalue weighted by Gasteiger charge is -2.20. The standard InChI is InChI=1S/C17H16O6/c1-17-7-11-10(13(18)22-14(11)19)5-8-3-2-4-9(8)6-12(17)15(20)23-16(17)21/h6,8-9H,2-5,7H2,1H3/b12-6-. The fourth-order valence-electron chi connectivity index (χ4n) is 4.21. The maximum absolute atomic E-state index is 12.2. The van der Waals surface area contributed by atoms with Crippen LogP contribution in [0.15, 0.2) is 22.8 Å². The number of carbonyl (C=O) groups is 4. The van der Waals surface area contributed by atoms with Crippen LogP contribution in [0, 0.1) is 17.3 Å². The van der Waals surface area contributed by atoms with Gasteiger partial charge in [0.2, 0.25) is 0 Å². The minimum absolute atomic E-state index is 0.0250.